The number of carboxylic acid groups (broad SMARTS) is 1. The summed E-state index contributed by atoms with van der Waals surface area (Å²) in [5, 5.41) is 10.9. The van der Waals surface area contributed by atoms with Gasteiger partial charge in [0.25, 0.3) is 5.91 Å². The summed E-state index contributed by atoms with van der Waals surface area (Å²) >= 11 is 0. The molecular formula is C12H11F2NO4. The Morgan fingerprint density at radius 2 is 1.95 bits per heavy atom. The Bertz CT molecular complexity index is 503. The van der Waals surface area contributed by atoms with Crippen LogP contribution in [0.5, 0.6) is 0 Å². The molecular weight excluding hydrogens is 260 g/mol. The fourth-order valence-electron chi connectivity index (χ4n) is 1.86. The van der Waals surface area contributed by atoms with E-state index in [1.807, 2.05) is 0 Å². The molecule has 19 heavy (non-hydrogen) atoms. The van der Waals surface area contributed by atoms with Crippen LogP contribution < -0.4 is 5.32 Å². The highest BCUT2D eigenvalue weighted by Gasteiger charge is 2.24. The number of amides is 1. The van der Waals surface area contributed by atoms with Gasteiger partial charge in [-0.15, -0.1) is 0 Å². The monoisotopic (exact) mass is 271 g/mol. The van der Waals surface area contributed by atoms with E-state index in [1.165, 1.54) is 0 Å². The normalized spacial score (nSPS) is 18.3. The first-order chi connectivity index (χ1) is 8.99. The number of carboxylic acids is 1. The molecule has 0 spiro atoms. The number of nitrogens with one attached hydrogen (secondary N) is 1. The Morgan fingerprint density at radius 3 is 2.42 bits per heavy atom. The quantitative estimate of drug-likeness (QED) is 0.878. The van der Waals surface area contributed by atoms with Gasteiger partial charge in [-0.1, -0.05) is 0 Å². The molecule has 102 valence electrons. The van der Waals surface area contributed by atoms with Crippen molar-refractivity contribution in [2.24, 2.45) is 0 Å². The third kappa shape index (κ3) is 2.87. The van der Waals surface area contributed by atoms with Gasteiger partial charge in [-0.25, -0.2) is 13.6 Å². The second-order valence-electron chi connectivity index (χ2n) is 4.11. The van der Waals surface area contributed by atoms with E-state index in [-0.39, 0.29) is 5.69 Å². The SMILES string of the molecule is O=C(O)c1c(F)cc(NC(=O)[C@H]2CCCO2)cc1F. The van der Waals surface area contributed by atoms with Gasteiger partial charge in [0.2, 0.25) is 0 Å². The first-order valence-electron chi connectivity index (χ1n) is 5.64. The topological polar surface area (TPSA) is 75.6 Å². The zero-order chi connectivity index (χ0) is 14.0. The van der Waals surface area contributed by atoms with Crippen LogP contribution in [-0.2, 0) is 9.53 Å². The molecule has 0 radical (unpaired) electrons. The molecule has 0 unspecified atom stereocenters. The van der Waals surface area contributed by atoms with Crippen LogP contribution in [0.15, 0.2) is 12.1 Å². The van der Waals surface area contributed by atoms with Gasteiger partial charge >= 0.3 is 5.97 Å². The van der Waals surface area contributed by atoms with Crippen LogP contribution in [0.25, 0.3) is 0 Å². The average molecular weight is 271 g/mol. The Balaban J connectivity index is 2.17. The van der Waals surface area contributed by atoms with Gasteiger partial charge < -0.3 is 15.2 Å². The zero-order valence-electron chi connectivity index (χ0n) is 9.78. The zero-order valence-corrected chi connectivity index (χ0v) is 9.78. The lowest BCUT2D eigenvalue weighted by molar-refractivity contribution is -0.124. The summed E-state index contributed by atoms with van der Waals surface area (Å²) in [7, 11) is 0. The number of benzene rings is 1. The molecule has 1 aliphatic heterocycles. The summed E-state index contributed by atoms with van der Waals surface area (Å²) in [5.74, 6) is -4.68. The van der Waals surface area contributed by atoms with Crippen molar-refractivity contribution < 1.29 is 28.2 Å². The predicted molar refractivity (Wildman–Crippen MR) is 60.9 cm³/mol. The lowest BCUT2D eigenvalue weighted by Crippen LogP contribution is -2.27. The molecule has 1 aliphatic rings. The molecule has 1 atom stereocenters. The number of ether oxygens (including phenoxy) is 1. The molecule has 0 aliphatic carbocycles. The maximum Gasteiger partial charge on any atom is 0.341 e. The minimum absolute atomic E-state index is 0.138. The average Bonchev–Trinajstić information content (AvgIpc) is 2.80. The van der Waals surface area contributed by atoms with E-state index in [2.05, 4.69) is 5.32 Å². The number of halogens is 2. The summed E-state index contributed by atoms with van der Waals surface area (Å²) in [4.78, 5) is 22.3. The van der Waals surface area contributed by atoms with E-state index >= 15 is 0 Å². The largest absolute Gasteiger partial charge is 0.477 e. The van der Waals surface area contributed by atoms with Gasteiger partial charge in [-0.2, -0.15) is 0 Å². The number of hydrogen-bond donors (Lipinski definition) is 2. The molecule has 2 N–H and O–H groups in total. The van der Waals surface area contributed by atoms with Gasteiger partial charge in [0.05, 0.1) is 0 Å². The molecule has 1 aromatic rings. The minimum atomic E-state index is -1.70. The van der Waals surface area contributed by atoms with E-state index in [1.54, 1.807) is 0 Å². The van der Waals surface area contributed by atoms with Crippen molar-refractivity contribution in [2.45, 2.75) is 18.9 Å². The Morgan fingerprint density at radius 1 is 1.32 bits per heavy atom. The number of anilines is 1. The maximum atomic E-state index is 13.4. The van der Waals surface area contributed by atoms with E-state index < -0.39 is 35.2 Å². The molecule has 1 amide bonds. The molecule has 7 heteroatoms. The van der Waals surface area contributed by atoms with E-state index in [0.29, 0.717) is 13.0 Å². The smallest absolute Gasteiger partial charge is 0.341 e. The lowest BCUT2D eigenvalue weighted by atomic mass is 10.1. The molecule has 2 rings (SSSR count). The fraction of sp³-hybridized carbons (Fsp3) is 0.333. The maximum absolute atomic E-state index is 13.4. The lowest BCUT2D eigenvalue weighted by Gasteiger charge is -2.11. The van der Waals surface area contributed by atoms with E-state index in [0.717, 1.165) is 18.6 Å². The van der Waals surface area contributed by atoms with Crippen molar-refractivity contribution in [2.75, 3.05) is 11.9 Å². The Kier molecular flexibility index (Phi) is 3.75. The van der Waals surface area contributed by atoms with Crippen molar-refractivity contribution >= 4 is 17.6 Å². The third-order valence-electron chi connectivity index (χ3n) is 2.75. The van der Waals surface area contributed by atoms with Crippen LogP contribution >= 0.6 is 0 Å². The van der Waals surface area contributed by atoms with Gasteiger partial charge in [-0.05, 0) is 25.0 Å². The van der Waals surface area contributed by atoms with E-state index in [4.69, 9.17) is 9.84 Å². The molecule has 0 aromatic heterocycles. The van der Waals surface area contributed by atoms with Crippen molar-refractivity contribution in [1.82, 2.24) is 0 Å². The van der Waals surface area contributed by atoms with Crippen LogP contribution in [0.2, 0.25) is 0 Å². The fourth-order valence-corrected chi connectivity index (χ4v) is 1.86. The van der Waals surface area contributed by atoms with Crippen molar-refractivity contribution in [3.63, 3.8) is 0 Å². The minimum Gasteiger partial charge on any atom is -0.477 e. The Labute approximate surface area is 107 Å². The van der Waals surface area contributed by atoms with Crippen LogP contribution in [-0.4, -0.2) is 29.7 Å². The van der Waals surface area contributed by atoms with Gasteiger partial charge in [-0.3, -0.25) is 4.79 Å². The number of carbonyl (C=O) groups is 2. The first kappa shape index (κ1) is 13.4. The third-order valence-corrected chi connectivity index (χ3v) is 2.75. The molecule has 0 saturated carbocycles. The van der Waals surface area contributed by atoms with Gasteiger partial charge in [0.1, 0.15) is 23.3 Å². The molecule has 1 saturated heterocycles. The standard InChI is InChI=1S/C12H11F2NO4/c13-7-4-6(5-8(14)10(7)12(17)18)15-11(16)9-2-1-3-19-9/h4-5,9H,1-3H2,(H,15,16)(H,17,18)/t9-/m1/s1. The summed E-state index contributed by atoms with van der Waals surface area (Å²) in [6.07, 6.45) is 0.660. The highest BCUT2D eigenvalue weighted by atomic mass is 19.1. The molecule has 1 heterocycles. The highest BCUT2D eigenvalue weighted by molar-refractivity contribution is 5.95. The molecule has 1 fully saturated rings. The number of hydrogen-bond acceptors (Lipinski definition) is 3. The summed E-state index contributed by atoms with van der Waals surface area (Å²) < 4.78 is 31.9. The Hall–Kier alpha value is -2.02. The van der Waals surface area contributed by atoms with Gasteiger partial charge in [0, 0.05) is 12.3 Å². The van der Waals surface area contributed by atoms with E-state index in [9.17, 15) is 18.4 Å². The van der Waals surface area contributed by atoms with Crippen molar-refractivity contribution in [3.05, 3.63) is 29.3 Å². The molecule has 0 bridgehead atoms. The second-order valence-corrected chi connectivity index (χ2v) is 4.11. The number of rotatable bonds is 3. The summed E-state index contributed by atoms with van der Waals surface area (Å²) in [5.41, 5.74) is -1.18. The summed E-state index contributed by atoms with van der Waals surface area (Å²) in [6, 6.07) is 1.53. The van der Waals surface area contributed by atoms with Crippen LogP contribution in [0.1, 0.15) is 23.2 Å². The molecule has 5 nitrogen and oxygen atoms in total. The summed E-state index contributed by atoms with van der Waals surface area (Å²) in [6.45, 7) is 0.471. The van der Waals surface area contributed by atoms with Gasteiger partial charge in [0.15, 0.2) is 0 Å². The second kappa shape index (κ2) is 5.31. The van der Waals surface area contributed by atoms with Crippen molar-refractivity contribution in [1.29, 1.82) is 0 Å². The van der Waals surface area contributed by atoms with Crippen LogP contribution in [0.3, 0.4) is 0 Å². The van der Waals surface area contributed by atoms with Crippen molar-refractivity contribution in [3.8, 4) is 0 Å². The predicted octanol–water partition coefficient (Wildman–Crippen LogP) is 1.78. The number of aromatic carboxylic acids is 1. The van der Waals surface area contributed by atoms with Crippen LogP contribution in [0, 0.1) is 11.6 Å². The highest BCUT2D eigenvalue weighted by Crippen LogP contribution is 2.20. The van der Waals surface area contributed by atoms with Crippen LogP contribution in [0.4, 0.5) is 14.5 Å². The molecule has 1 aromatic carbocycles. The number of carbonyl (C=O) groups excluding carboxylic acids is 1. The first-order valence-corrected chi connectivity index (χ1v) is 5.64.